The van der Waals surface area contributed by atoms with Gasteiger partial charge in [0.2, 0.25) is 0 Å². The fraction of sp³-hybridized carbons (Fsp3) is 0.231. The van der Waals surface area contributed by atoms with Gasteiger partial charge in [-0.25, -0.2) is 9.37 Å². The number of aryl methyl sites for hydroxylation is 1. The summed E-state index contributed by atoms with van der Waals surface area (Å²) in [5.41, 5.74) is 0.885. The molecule has 0 fully saturated rings. The summed E-state index contributed by atoms with van der Waals surface area (Å²) >= 11 is 7.14. The molecule has 0 atom stereocenters. The largest absolute Gasteiger partial charge is 0.292 e. The standard InChI is InChI=1S/C13H9ClFNOS/c14-8-4-1-3-7(11(8)15)13-16-12-9(17)5-2-6-10(12)18-13/h1,3-4H,2,5-6H2. The molecule has 0 aliphatic heterocycles. The molecule has 0 saturated heterocycles. The summed E-state index contributed by atoms with van der Waals surface area (Å²) in [6.07, 6.45) is 2.24. The third-order valence-electron chi connectivity index (χ3n) is 2.95. The van der Waals surface area contributed by atoms with E-state index < -0.39 is 5.82 Å². The minimum absolute atomic E-state index is 0.0567. The fourth-order valence-electron chi connectivity index (χ4n) is 2.05. The third-order valence-corrected chi connectivity index (χ3v) is 4.39. The zero-order valence-corrected chi connectivity index (χ0v) is 10.9. The first-order valence-electron chi connectivity index (χ1n) is 5.64. The van der Waals surface area contributed by atoms with Crippen LogP contribution in [0.15, 0.2) is 18.2 Å². The van der Waals surface area contributed by atoms with Crippen LogP contribution in [0.5, 0.6) is 0 Å². The van der Waals surface area contributed by atoms with E-state index >= 15 is 0 Å². The van der Waals surface area contributed by atoms with Gasteiger partial charge in [0.15, 0.2) is 11.6 Å². The van der Waals surface area contributed by atoms with E-state index in [4.69, 9.17) is 11.6 Å². The molecule has 92 valence electrons. The average Bonchev–Trinajstić information content (AvgIpc) is 2.78. The highest BCUT2D eigenvalue weighted by Crippen LogP contribution is 2.35. The van der Waals surface area contributed by atoms with Crippen molar-refractivity contribution >= 4 is 28.7 Å². The van der Waals surface area contributed by atoms with E-state index in [2.05, 4.69) is 4.98 Å². The van der Waals surface area contributed by atoms with Gasteiger partial charge in [0.05, 0.1) is 5.02 Å². The summed E-state index contributed by atoms with van der Waals surface area (Å²) < 4.78 is 13.9. The van der Waals surface area contributed by atoms with Crippen molar-refractivity contribution in [1.29, 1.82) is 0 Å². The van der Waals surface area contributed by atoms with Crippen LogP contribution in [0.2, 0.25) is 5.02 Å². The van der Waals surface area contributed by atoms with Crippen LogP contribution in [0.1, 0.15) is 28.2 Å². The summed E-state index contributed by atoms with van der Waals surface area (Å²) in [6.45, 7) is 0. The van der Waals surface area contributed by atoms with Gasteiger partial charge in [-0.15, -0.1) is 11.3 Å². The summed E-state index contributed by atoms with van der Waals surface area (Å²) in [7, 11) is 0. The number of carbonyl (C=O) groups excluding carboxylic acids is 1. The van der Waals surface area contributed by atoms with Crippen LogP contribution in [0.4, 0.5) is 4.39 Å². The lowest BCUT2D eigenvalue weighted by molar-refractivity contribution is 0.0968. The molecule has 1 aliphatic carbocycles. The number of carbonyl (C=O) groups is 1. The van der Waals surface area contributed by atoms with Crippen LogP contribution in [0.3, 0.4) is 0 Å². The van der Waals surface area contributed by atoms with Crippen molar-refractivity contribution in [3.63, 3.8) is 0 Å². The Bertz CT molecular complexity index is 638. The van der Waals surface area contributed by atoms with Gasteiger partial charge >= 0.3 is 0 Å². The van der Waals surface area contributed by atoms with Crippen molar-refractivity contribution in [2.45, 2.75) is 19.3 Å². The summed E-state index contributed by atoms with van der Waals surface area (Å²) in [4.78, 5) is 16.9. The van der Waals surface area contributed by atoms with Crippen LogP contribution in [0, 0.1) is 5.82 Å². The lowest BCUT2D eigenvalue weighted by atomic mass is 10.0. The molecular weight excluding hydrogens is 273 g/mol. The van der Waals surface area contributed by atoms with Gasteiger partial charge in [-0.2, -0.15) is 0 Å². The van der Waals surface area contributed by atoms with E-state index in [0.29, 0.717) is 22.7 Å². The highest BCUT2D eigenvalue weighted by atomic mass is 35.5. The Morgan fingerprint density at radius 1 is 1.33 bits per heavy atom. The first-order chi connectivity index (χ1) is 8.66. The fourth-order valence-corrected chi connectivity index (χ4v) is 3.37. The van der Waals surface area contributed by atoms with Crippen LogP contribution >= 0.6 is 22.9 Å². The van der Waals surface area contributed by atoms with E-state index in [0.717, 1.165) is 17.7 Å². The van der Waals surface area contributed by atoms with Gasteiger partial charge in [0.25, 0.3) is 0 Å². The molecule has 0 spiro atoms. The van der Waals surface area contributed by atoms with Gasteiger partial charge < -0.3 is 0 Å². The molecule has 1 heterocycles. The second kappa shape index (κ2) is 4.44. The van der Waals surface area contributed by atoms with Crippen molar-refractivity contribution in [2.75, 3.05) is 0 Å². The molecule has 0 amide bonds. The monoisotopic (exact) mass is 281 g/mol. The number of halogens is 2. The molecule has 0 N–H and O–H groups in total. The van der Waals surface area contributed by atoms with Gasteiger partial charge in [0, 0.05) is 16.9 Å². The van der Waals surface area contributed by atoms with Crippen LogP contribution in [-0.4, -0.2) is 10.8 Å². The Labute approximate surface area is 112 Å². The zero-order valence-electron chi connectivity index (χ0n) is 9.37. The molecule has 0 radical (unpaired) electrons. The first kappa shape index (κ1) is 11.8. The first-order valence-corrected chi connectivity index (χ1v) is 6.83. The maximum absolute atomic E-state index is 13.9. The van der Waals surface area contributed by atoms with E-state index in [9.17, 15) is 9.18 Å². The number of nitrogens with zero attached hydrogens (tertiary/aromatic N) is 1. The van der Waals surface area contributed by atoms with Gasteiger partial charge in [-0.05, 0) is 25.0 Å². The highest BCUT2D eigenvalue weighted by molar-refractivity contribution is 7.15. The molecule has 2 nitrogen and oxygen atoms in total. The van der Waals surface area contributed by atoms with Crippen molar-refractivity contribution < 1.29 is 9.18 Å². The van der Waals surface area contributed by atoms with Crippen LogP contribution in [-0.2, 0) is 6.42 Å². The van der Waals surface area contributed by atoms with Crippen LogP contribution < -0.4 is 0 Å². The lowest BCUT2D eigenvalue weighted by Gasteiger charge is -2.06. The number of fused-ring (bicyclic) bond motifs is 1. The molecule has 1 aliphatic rings. The highest BCUT2D eigenvalue weighted by Gasteiger charge is 2.23. The number of hydrogen-bond acceptors (Lipinski definition) is 3. The molecule has 1 aromatic carbocycles. The Morgan fingerprint density at radius 3 is 2.94 bits per heavy atom. The van der Waals surface area contributed by atoms with E-state index in [-0.39, 0.29) is 10.8 Å². The quantitative estimate of drug-likeness (QED) is 0.787. The molecule has 0 bridgehead atoms. The molecule has 0 unspecified atom stereocenters. The molecule has 3 rings (SSSR count). The summed E-state index contributed by atoms with van der Waals surface area (Å²) in [5.74, 6) is -0.418. The summed E-state index contributed by atoms with van der Waals surface area (Å²) in [5, 5.41) is 0.613. The van der Waals surface area contributed by atoms with E-state index in [1.54, 1.807) is 12.1 Å². The third kappa shape index (κ3) is 1.85. The van der Waals surface area contributed by atoms with Gasteiger partial charge in [-0.3, -0.25) is 4.79 Å². The predicted octanol–water partition coefficient (Wildman–Crippen LogP) is 4.12. The number of aromatic nitrogens is 1. The molecule has 5 heteroatoms. The number of Topliss-reactive ketones (excluding diaryl/α,β-unsaturated/α-hetero) is 1. The number of ketones is 1. The topological polar surface area (TPSA) is 30.0 Å². The molecular formula is C13H9ClFNOS. The van der Waals surface area contributed by atoms with Crippen molar-refractivity contribution in [3.05, 3.63) is 39.6 Å². The Balaban J connectivity index is 2.13. The smallest absolute Gasteiger partial charge is 0.182 e. The second-order valence-electron chi connectivity index (χ2n) is 4.17. The minimum Gasteiger partial charge on any atom is -0.292 e. The van der Waals surface area contributed by atoms with Crippen LogP contribution in [0.25, 0.3) is 10.6 Å². The molecule has 18 heavy (non-hydrogen) atoms. The zero-order chi connectivity index (χ0) is 12.7. The maximum Gasteiger partial charge on any atom is 0.182 e. The minimum atomic E-state index is -0.474. The average molecular weight is 282 g/mol. The normalized spacial score (nSPS) is 14.7. The number of benzene rings is 1. The van der Waals surface area contributed by atoms with E-state index in [1.807, 2.05) is 0 Å². The lowest BCUT2D eigenvalue weighted by Crippen LogP contribution is -2.08. The SMILES string of the molecule is O=C1CCCc2sc(-c3cccc(Cl)c3F)nc21. The number of thiazole rings is 1. The predicted molar refractivity (Wildman–Crippen MR) is 69.8 cm³/mol. The maximum atomic E-state index is 13.9. The van der Waals surface area contributed by atoms with E-state index in [1.165, 1.54) is 17.4 Å². The molecule has 1 aromatic heterocycles. The molecule has 0 saturated carbocycles. The van der Waals surface area contributed by atoms with Crippen molar-refractivity contribution in [3.8, 4) is 10.6 Å². The summed E-state index contributed by atoms with van der Waals surface area (Å²) in [6, 6.07) is 4.82. The Kier molecular flexibility index (Phi) is 2.92. The van der Waals surface area contributed by atoms with Crippen molar-refractivity contribution in [1.82, 2.24) is 4.98 Å². The van der Waals surface area contributed by atoms with Crippen molar-refractivity contribution in [2.24, 2.45) is 0 Å². The molecule has 2 aromatic rings. The Morgan fingerprint density at radius 2 is 2.17 bits per heavy atom. The number of rotatable bonds is 1. The van der Waals surface area contributed by atoms with Gasteiger partial charge in [0.1, 0.15) is 10.7 Å². The Hall–Kier alpha value is -1.26. The number of hydrogen-bond donors (Lipinski definition) is 0. The van der Waals surface area contributed by atoms with Gasteiger partial charge in [-0.1, -0.05) is 17.7 Å². The second-order valence-corrected chi connectivity index (χ2v) is 5.66.